The Morgan fingerprint density at radius 1 is 0.662 bits per heavy atom. The molecule has 2 aliphatic heterocycles. The quantitative estimate of drug-likeness (QED) is 0.127. The summed E-state index contributed by atoms with van der Waals surface area (Å²) in [6.07, 6.45) is 5.96. The molecular weight excluding hydrogens is 1470 g/mol. The molecule has 2 heterocycles. The van der Waals surface area contributed by atoms with Gasteiger partial charge in [0, 0.05) is 101 Å². The third kappa shape index (κ3) is 20.2. The molecule has 1 radical (unpaired) electrons. The minimum Gasteiger partial charge on any atom is -0.504 e. The standard InChI is InChI=1S/C29H42N2O8.C28H38N2O9.Re.Rf/c1-16-11-20-14-21(15-22(32)27(20)38-7)31-28(34)17(2)9-8-10-23(36-5)26(39-29(30)35)19(4)13-18(3)25(33)24(12-16)37-6;1-14-8-7-9-22(37-5)26(39-28(29)36)16(3)10-15(2)23(33)21(32)11-17(4)25(38-6)19-12-18(31)13-20(24(19)34)30-27(14)35;;/h8-10,13-16,18,23-26,32-33H,11-12H2,1-7H3,(H2,30,35)(H,31,34);7-10,12-13,15,17,21-23,25-26,32-33H,11H2,1-6H3,(H2,29,36)(H,30,35);;/b10-8-,17-9+,19-13+;9-7-,14-8+,16-10+;;/t16-,18+,23+,24+,25-,26+;15-,17-,21-,22-,23+,25+,26-;;/m10../s1. The Kier molecular flexibility index (Phi) is 29.7. The molecule has 3 aliphatic rings. The molecular formula is C57H80N4O17ReRf. The van der Waals surface area contributed by atoms with Gasteiger partial charge in [-0.05, 0) is 82.1 Å². The van der Waals surface area contributed by atoms with Crippen LogP contribution in [0.1, 0.15) is 73.8 Å². The van der Waals surface area contributed by atoms with E-state index in [0.29, 0.717) is 46.6 Å². The summed E-state index contributed by atoms with van der Waals surface area (Å²) in [6, 6.07) is 3.20. The number of fused-ring (bicyclic) bond motifs is 4. The van der Waals surface area contributed by atoms with Crippen LogP contribution >= 0.6 is 0 Å². The molecule has 4 amide bonds. The van der Waals surface area contributed by atoms with E-state index in [4.69, 9.17) is 44.6 Å². The fourth-order valence-electron chi connectivity index (χ4n) is 9.42. The normalized spacial score (nSPS) is 32.0. The maximum absolute atomic E-state index is 13.2. The van der Waals surface area contributed by atoms with Crippen molar-refractivity contribution in [3.63, 3.8) is 0 Å². The minimum absolute atomic E-state index is 0. The number of methoxy groups -OCH3 is 5. The molecule has 23 heteroatoms. The minimum atomic E-state index is -1.23. The molecule has 80 heavy (non-hydrogen) atoms. The molecule has 21 nitrogen and oxygen atoms in total. The van der Waals surface area contributed by atoms with E-state index in [2.05, 4.69) is 10.6 Å². The molecule has 0 saturated heterocycles. The Morgan fingerprint density at radius 3 is 1.62 bits per heavy atom. The van der Waals surface area contributed by atoms with Crippen molar-refractivity contribution >= 4 is 41.3 Å². The molecule has 1 aromatic rings. The van der Waals surface area contributed by atoms with E-state index in [-0.39, 0.29) is 67.2 Å². The molecule has 10 N–H and O–H groups in total. The zero-order valence-electron chi connectivity index (χ0n) is 47.9. The second-order valence-electron chi connectivity index (χ2n) is 19.8. The van der Waals surface area contributed by atoms with Crippen LogP contribution in [0.5, 0.6) is 11.5 Å². The van der Waals surface area contributed by atoms with Crippen molar-refractivity contribution in [1.82, 2.24) is 5.32 Å². The summed E-state index contributed by atoms with van der Waals surface area (Å²) in [5.41, 5.74) is 13.3. The van der Waals surface area contributed by atoms with Crippen molar-refractivity contribution in [2.75, 3.05) is 40.9 Å². The number of rotatable bonds is 7. The van der Waals surface area contributed by atoms with Crippen LogP contribution in [0.25, 0.3) is 0 Å². The largest absolute Gasteiger partial charge is 0.504 e. The van der Waals surface area contributed by atoms with Gasteiger partial charge in [-0.1, -0.05) is 76.3 Å². The van der Waals surface area contributed by atoms with Gasteiger partial charge < -0.3 is 75.7 Å². The van der Waals surface area contributed by atoms with Gasteiger partial charge in [-0.2, -0.15) is 0 Å². The molecule has 0 spiro atoms. The van der Waals surface area contributed by atoms with Crippen LogP contribution < -0.4 is 26.8 Å². The number of hydrogen-bond acceptors (Lipinski definition) is 17. The van der Waals surface area contributed by atoms with Gasteiger partial charge in [0.1, 0.15) is 12.2 Å². The first-order valence-electron chi connectivity index (χ1n) is 25.4. The van der Waals surface area contributed by atoms with E-state index in [9.17, 15) is 49.2 Å². The molecule has 1 aromatic carbocycles. The molecule has 13 atom stereocenters. The first-order valence-corrected chi connectivity index (χ1v) is 25.4. The smallest absolute Gasteiger partial charge is 0.405 e. The van der Waals surface area contributed by atoms with Crippen molar-refractivity contribution in [3.05, 3.63) is 112 Å². The second-order valence-corrected chi connectivity index (χ2v) is 19.8. The van der Waals surface area contributed by atoms with Gasteiger partial charge in [0.2, 0.25) is 5.78 Å². The SMILES string of the molecule is CO[C@H]1/C=C\C=C(/C)C(=O)NC2=CC(=O)C=C(C2=O)[C@H](OC)[C@@H](C)C[C@H](O)[C@H](O)[C@@H](C)/C=C(\C)[C@@H]1OC(N)=O.COc1c(O)cc2cc1C[C@@H](C)C[C@H](OC)[C@H](O)[C@@H](C)/C=C(\C)[C@H](OC(N)=O)[C@@H](OC)/C=C\C=C(/C)C(=O)N2.[Re].[Rf]. The van der Waals surface area contributed by atoms with Gasteiger partial charge in [-0.15, -0.1) is 0 Å². The average molecular weight is 1550 g/mol. The number of primary amides is 2. The number of allylic oxidation sites excluding steroid dienone is 7. The number of carbonyl (C=O) groups is 6. The van der Waals surface area contributed by atoms with Gasteiger partial charge in [0.05, 0.1) is 43.3 Å². The third-order valence-electron chi connectivity index (χ3n) is 13.6. The molecule has 4 rings (SSSR count). The molecule has 0 fully saturated rings. The Bertz CT molecular complexity index is 2580. The number of nitrogens with two attached hydrogens (primary N) is 2. The molecule has 439 valence electrons. The zero-order valence-corrected chi connectivity index (χ0v) is 57.0. The van der Waals surface area contributed by atoms with Gasteiger partial charge in [-0.25, -0.2) is 9.59 Å². The number of aliphatic hydroxyl groups excluding tert-OH is 3. The topological polar surface area (TPSA) is 324 Å². The number of nitrogens with one attached hydrogen (secondary N) is 2. The van der Waals surface area contributed by atoms with Gasteiger partial charge in [-0.3, -0.25) is 19.2 Å². The van der Waals surface area contributed by atoms with Crippen LogP contribution in [0, 0.1) is 23.7 Å². The molecule has 0 saturated carbocycles. The average Bonchev–Trinajstić information content (AvgIpc) is 3.37. The molecule has 0 aromatic heterocycles. The monoisotopic (exact) mass is 1550 g/mol. The van der Waals surface area contributed by atoms with E-state index in [0.717, 1.165) is 12.2 Å². The van der Waals surface area contributed by atoms with E-state index < -0.39 is 96.4 Å². The maximum atomic E-state index is 13.2. The number of benzene rings is 1. The van der Waals surface area contributed by atoms with Gasteiger partial charge in [0.15, 0.2) is 29.5 Å². The van der Waals surface area contributed by atoms with Crippen molar-refractivity contribution in [3.8, 4) is 11.5 Å². The number of ketones is 2. The van der Waals surface area contributed by atoms with Crippen molar-refractivity contribution in [2.24, 2.45) is 35.1 Å². The summed E-state index contributed by atoms with van der Waals surface area (Å²) < 4.78 is 38.3. The fourth-order valence-corrected chi connectivity index (χ4v) is 9.42. The number of anilines is 1. The van der Waals surface area contributed by atoms with Crippen LogP contribution in [-0.4, -0.2) is 146 Å². The van der Waals surface area contributed by atoms with Crippen LogP contribution in [0.2, 0.25) is 0 Å². The predicted octanol–water partition coefficient (Wildman–Crippen LogP) is 5.26. The molecule has 1 aliphatic carbocycles. The number of hydrogen-bond donors (Lipinski definition) is 8. The first kappa shape index (κ1) is 71.0. The summed E-state index contributed by atoms with van der Waals surface area (Å²) in [5, 5.41) is 48.7. The maximum Gasteiger partial charge on any atom is 0.405 e. The number of amides is 4. The number of phenolic OH excluding ortho intramolecular Hbond substituents is 1. The van der Waals surface area contributed by atoms with Crippen LogP contribution in [0.15, 0.2) is 106 Å². The number of carbonyl (C=O) groups excluding carboxylic acids is 6. The zero-order chi connectivity index (χ0) is 58.7. The predicted molar refractivity (Wildman–Crippen MR) is 291 cm³/mol. The summed E-state index contributed by atoms with van der Waals surface area (Å²) in [7, 11) is 7.25. The Hall–Kier alpha value is -7.06. The number of aliphatic hydroxyl groups is 3. The number of Topliss-reactive ketones (excluding diaryl/α,β-unsaturated/α-hetero) is 1. The molecule has 4 bridgehead atoms. The van der Waals surface area contributed by atoms with Crippen molar-refractivity contribution < 1.29 is 103 Å². The molecule has 0 unspecified atom stereocenters. The van der Waals surface area contributed by atoms with Crippen LogP contribution in [0.4, 0.5) is 15.3 Å². The number of ether oxygens (including phenoxy) is 7. The third-order valence-corrected chi connectivity index (χ3v) is 13.6. The Labute approximate surface area is 476 Å². The Balaban J connectivity index is 0.000000780. The van der Waals surface area contributed by atoms with E-state index >= 15 is 0 Å². The van der Waals surface area contributed by atoms with E-state index in [1.54, 1.807) is 78.2 Å². The first-order chi connectivity index (χ1) is 36.7. The number of phenols is 1. The summed E-state index contributed by atoms with van der Waals surface area (Å²) in [5.74, 6) is -3.29. The van der Waals surface area contributed by atoms with Crippen molar-refractivity contribution in [1.29, 1.82) is 0 Å². The van der Waals surface area contributed by atoms with Crippen LogP contribution in [-0.2, 0) is 74.4 Å². The fraction of sp³-hybridized carbons (Fsp3) is 0.509. The number of aromatic hydroxyl groups is 1. The second kappa shape index (κ2) is 33.5. The summed E-state index contributed by atoms with van der Waals surface area (Å²) >= 11 is 0. The van der Waals surface area contributed by atoms with E-state index in [1.165, 1.54) is 53.6 Å². The van der Waals surface area contributed by atoms with Gasteiger partial charge in [0.25, 0.3) is 11.8 Å². The Morgan fingerprint density at radius 2 is 1.16 bits per heavy atom. The van der Waals surface area contributed by atoms with Gasteiger partial charge >= 0.3 is 12.2 Å². The van der Waals surface area contributed by atoms with Crippen molar-refractivity contribution in [2.45, 2.75) is 130 Å². The summed E-state index contributed by atoms with van der Waals surface area (Å²) in [6.45, 7) is 13.9. The van der Waals surface area contributed by atoms with Crippen LogP contribution in [0.3, 0.4) is 0 Å². The van der Waals surface area contributed by atoms with E-state index in [1.807, 2.05) is 19.9 Å². The summed E-state index contributed by atoms with van der Waals surface area (Å²) in [4.78, 5) is 74.6.